The summed E-state index contributed by atoms with van der Waals surface area (Å²) in [4.78, 5) is 12.0. The van der Waals surface area contributed by atoms with E-state index in [4.69, 9.17) is 25.4 Å². The third-order valence-corrected chi connectivity index (χ3v) is 2.63. The minimum atomic E-state index is -0.515. The van der Waals surface area contributed by atoms with Gasteiger partial charge in [-0.2, -0.15) is 0 Å². The van der Waals surface area contributed by atoms with E-state index in [1.165, 1.54) is 27.4 Å². The first kappa shape index (κ1) is 15.7. The summed E-state index contributed by atoms with van der Waals surface area (Å²) < 4.78 is 20.8. The lowest BCUT2D eigenvalue weighted by Gasteiger charge is -2.16. The number of rotatable bonds is 6. The molecule has 0 fully saturated rings. The summed E-state index contributed by atoms with van der Waals surface area (Å²) in [6.07, 6.45) is 6.20. The highest BCUT2D eigenvalue weighted by Crippen LogP contribution is 2.41. The fraction of sp³-hybridized carbons (Fsp3) is 0.400. The molecular weight excluding hydrogens is 260 g/mol. The fourth-order valence-electron chi connectivity index (χ4n) is 1.73. The Labute approximate surface area is 118 Å². The van der Waals surface area contributed by atoms with E-state index in [0.29, 0.717) is 18.1 Å². The van der Waals surface area contributed by atoms with Crippen LogP contribution in [0.15, 0.2) is 6.07 Å². The second-order valence-electron chi connectivity index (χ2n) is 3.85. The molecule has 0 saturated carbocycles. The van der Waals surface area contributed by atoms with Gasteiger partial charge in [0.25, 0.3) is 0 Å². The minimum absolute atomic E-state index is 0.218. The first-order chi connectivity index (χ1) is 9.64. The van der Waals surface area contributed by atoms with E-state index in [2.05, 4.69) is 5.92 Å². The zero-order valence-corrected chi connectivity index (χ0v) is 12.1. The van der Waals surface area contributed by atoms with Crippen LogP contribution in [0, 0.1) is 12.3 Å². The van der Waals surface area contributed by atoms with Crippen molar-refractivity contribution in [3.63, 3.8) is 0 Å². The van der Waals surface area contributed by atoms with Gasteiger partial charge in [-0.3, -0.25) is 0 Å². The molecular formula is C15H18O5. The first-order valence-corrected chi connectivity index (χ1v) is 6.11. The van der Waals surface area contributed by atoms with E-state index >= 15 is 0 Å². The van der Waals surface area contributed by atoms with Crippen LogP contribution in [-0.2, 0) is 4.74 Å². The Hall–Kier alpha value is -2.35. The largest absolute Gasteiger partial charge is 0.493 e. The van der Waals surface area contributed by atoms with E-state index in [0.717, 1.165) is 6.42 Å². The maximum Gasteiger partial charge on any atom is 0.339 e. The average molecular weight is 278 g/mol. The SMILES string of the molecule is C#Cc1c(C(=O)OCCC)cc(OC)c(OC)c1OC. The van der Waals surface area contributed by atoms with Crippen molar-refractivity contribution in [3.05, 3.63) is 17.2 Å². The highest BCUT2D eigenvalue weighted by atomic mass is 16.5. The Morgan fingerprint density at radius 1 is 1.20 bits per heavy atom. The molecule has 5 nitrogen and oxygen atoms in total. The molecule has 1 aromatic carbocycles. The second-order valence-corrected chi connectivity index (χ2v) is 3.85. The van der Waals surface area contributed by atoms with Crippen LogP contribution in [0.4, 0.5) is 0 Å². The molecule has 0 unspecified atom stereocenters. The van der Waals surface area contributed by atoms with Gasteiger partial charge in [0.15, 0.2) is 11.5 Å². The predicted octanol–water partition coefficient (Wildman–Crippen LogP) is 2.26. The third kappa shape index (κ3) is 2.97. The van der Waals surface area contributed by atoms with E-state index in [1.807, 2.05) is 6.92 Å². The van der Waals surface area contributed by atoms with Gasteiger partial charge in [-0.25, -0.2) is 4.79 Å². The fourth-order valence-corrected chi connectivity index (χ4v) is 1.73. The van der Waals surface area contributed by atoms with Crippen LogP contribution >= 0.6 is 0 Å². The van der Waals surface area contributed by atoms with Crippen molar-refractivity contribution >= 4 is 5.97 Å². The molecule has 0 atom stereocenters. The number of hydrogen-bond donors (Lipinski definition) is 0. The van der Waals surface area contributed by atoms with E-state index in [1.54, 1.807) is 0 Å². The van der Waals surface area contributed by atoms with Crippen molar-refractivity contribution in [2.45, 2.75) is 13.3 Å². The summed E-state index contributed by atoms with van der Waals surface area (Å²) in [6, 6.07) is 1.49. The molecule has 0 heterocycles. The highest BCUT2D eigenvalue weighted by molar-refractivity contribution is 5.95. The van der Waals surface area contributed by atoms with Crippen molar-refractivity contribution in [3.8, 4) is 29.6 Å². The van der Waals surface area contributed by atoms with Crippen molar-refractivity contribution < 1.29 is 23.7 Å². The van der Waals surface area contributed by atoms with Gasteiger partial charge in [0.05, 0.1) is 39.1 Å². The van der Waals surface area contributed by atoms with Gasteiger partial charge in [-0.1, -0.05) is 12.8 Å². The molecule has 108 valence electrons. The van der Waals surface area contributed by atoms with Gasteiger partial charge in [0, 0.05) is 6.07 Å². The van der Waals surface area contributed by atoms with Crippen molar-refractivity contribution in [2.24, 2.45) is 0 Å². The summed E-state index contributed by atoms with van der Waals surface area (Å²) in [7, 11) is 4.38. The Kier molecular flexibility index (Phi) is 5.73. The smallest absolute Gasteiger partial charge is 0.339 e. The number of esters is 1. The van der Waals surface area contributed by atoms with Crippen molar-refractivity contribution in [2.75, 3.05) is 27.9 Å². The Bertz CT molecular complexity index is 528. The first-order valence-electron chi connectivity index (χ1n) is 6.11. The molecule has 0 aliphatic heterocycles. The van der Waals surface area contributed by atoms with E-state index in [-0.39, 0.29) is 16.9 Å². The molecule has 0 aliphatic rings. The average Bonchev–Trinajstić information content (AvgIpc) is 2.49. The highest BCUT2D eigenvalue weighted by Gasteiger charge is 2.23. The van der Waals surface area contributed by atoms with Crippen LogP contribution in [0.25, 0.3) is 0 Å². The lowest BCUT2D eigenvalue weighted by Crippen LogP contribution is -2.10. The second kappa shape index (κ2) is 7.29. The topological polar surface area (TPSA) is 54.0 Å². The number of carbonyl (C=O) groups excluding carboxylic acids is 1. The van der Waals surface area contributed by atoms with Crippen LogP contribution in [0.5, 0.6) is 17.2 Å². The molecule has 5 heteroatoms. The van der Waals surface area contributed by atoms with E-state index in [9.17, 15) is 4.79 Å². The quantitative estimate of drug-likeness (QED) is 0.590. The number of carbonyl (C=O) groups is 1. The van der Waals surface area contributed by atoms with Crippen LogP contribution in [0.2, 0.25) is 0 Å². The van der Waals surface area contributed by atoms with E-state index < -0.39 is 5.97 Å². The van der Waals surface area contributed by atoms with Crippen molar-refractivity contribution in [1.29, 1.82) is 0 Å². The third-order valence-electron chi connectivity index (χ3n) is 2.63. The summed E-state index contributed by atoms with van der Waals surface area (Å²) in [5.74, 6) is 2.89. The van der Waals surface area contributed by atoms with Crippen molar-refractivity contribution in [1.82, 2.24) is 0 Å². The molecule has 20 heavy (non-hydrogen) atoms. The standard InChI is InChI=1S/C15H18O5/c1-6-8-20-15(16)11-9-12(17-3)14(19-5)13(18-4)10(11)7-2/h2,9H,6,8H2,1,3-5H3. The van der Waals surface area contributed by atoms with Gasteiger partial charge in [-0.15, -0.1) is 6.42 Å². The summed E-state index contributed by atoms with van der Waals surface area (Å²) in [5, 5.41) is 0. The lowest BCUT2D eigenvalue weighted by molar-refractivity contribution is 0.0504. The van der Waals surface area contributed by atoms with Gasteiger partial charge in [0.1, 0.15) is 0 Å². The molecule has 0 amide bonds. The molecule has 0 aromatic heterocycles. The van der Waals surface area contributed by atoms with Gasteiger partial charge in [-0.05, 0) is 6.42 Å². The van der Waals surface area contributed by atoms with Crippen LogP contribution < -0.4 is 14.2 Å². The Balaban J connectivity index is 3.44. The van der Waals surface area contributed by atoms with Gasteiger partial charge < -0.3 is 18.9 Å². The number of ether oxygens (including phenoxy) is 4. The van der Waals surface area contributed by atoms with Crippen LogP contribution in [-0.4, -0.2) is 33.9 Å². The molecule has 0 N–H and O–H groups in total. The normalized spacial score (nSPS) is 9.55. The number of hydrogen-bond acceptors (Lipinski definition) is 5. The summed E-state index contributed by atoms with van der Waals surface area (Å²) >= 11 is 0. The van der Waals surface area contributed by atoms with Crippen LogP contribution in [0.3, 0.4) is 0 Å². The van der Waals surface area contributed by atoms with Gasteiger partial charge in [0.2, 0.25) is 5.75 Å². The maximum absolute atomic E-state index is 12.0. The maximum atomic E-state index is 12.0. The van der Waals surface area contributed by atoms with Crippen LogP contribution in [0.1, 0.15) is 29.3 Å². The molecule has 0 bridgehead atoms. The molecule has 1 rings (SSSR count). The Morgan fingerprint density at radius 2 is 1.85 bits per heavy atom. The number of methoxy groups -OCH3 is 3. The number of terminal acetylenes is 1. The minimum Gasteiger partial charge on any atom is -0.493 e. The monoisotopic (exact) mass is 278 g/mol. The lowest BCUT2D eigenvalue weighted by atomic mass is 10.1. The zero-order valence-electron chi connectivity index (χ0n) is 12.1. The number of benzene rings is 1. The Morgan fingerprint density at radius 3 is 2.30 bits per heavy atom. The zero-order chi connectivity index (χ0) is 15.1. The molecule has 0 saturated heterocycles. The molecule has 0 spiro atoms. The summed E-state index contributed by atoms with van der Waals surface area (Å²) in [5.41, 5.74) is 0.502. The molecule has 0 aliphatic carbocycles. The summed E-state index contributed by atoms with van der Waals surface area (Å²) in [6.45, 7) is 2.23. The predicted molar refractivity (Wildman–Crippen MR) is 74.6 cm³/mol. The molecule has 0 radical (unpaired) electrons. The van der Waals surface area contributed by atoms with Gasteiger partial charge >= 0.3 is 5.97 Å². The molecule has 1 aromatic rings.